The van der Waals surface area contributed by atoms with Crippen LogP contribution in [0.1, 0.15) is 27.9 Å². The number of nitrogens with zero attached hydrogens (tertiary/aromatic N) is 1. The van der Waals surface area contributed by atoms with Gasteiger partial charge in [-0.05, 0) is 56.5 Å². The van der Waals surface area contributed by atoms with E-state index in [0.717, 1.165) is 22.9 Å². The molecule has 0 amide bonds. The third kappa shape index (κ3) is 2.73. The van der Waals surface area contributed by atoms with Gasteiger partial charge in [0.25, 0.3) is 0 Å². The van der Waals surface area contributed by atoms with Gasteiger partial charge >= 0.3 is 6.18 Å². The molecule has 0 aliphatic heterocycles. The van der Waals surface area contributed by atoms with E-state index in [9.17, 15) is 13.2 Å². The van der Waals surface area contributed by atoms with Crippen LogP contribution >= 0.6 is 0 Å². The Balaban J connectivity index is 2.78. The zero-order chi connectivity index (χ0) is 15.9. The molecular formula is C16H17F3N2. The molecule has 0 bridgehead atoms. The molecular weight excluding hydrogens is 277 g/mol. The number of anilines is 1. The van der Waals surface area contributed by atoms with Crippen molar-refractivity contribution in [1.29, 1.82) is 0 Å². The highest BCUT2D eigenvalue weighted by molar-refractivity contribution is 5.83. The number of alkyl halides is 3. The van der Waals surface area contributed by atoms with Crippen LogP contribution in [0, 0.1) is 27.7 Å². The molecule has 0 atom stereocenters. The van der Waals surface area contributed by atoms with Gasteiger partial charge in [0.1, 0.15) is 0 Å². The standard InChI is InChI=1S/C16H17F3N2/c1-8-5-12(11(4)21-7-8)14-9(2)6-13(16(17,18)19)10(3)15(14)20/h5-7H,20H2,1-4H3. The van der Waals surface area contributed by atoms with Gasteiger partial charge in [0.15, 0.2) is 0 Å². The van der Waals surface area contributed by atoms with E-state index >= 15 is 0 Å². The molecule has 2 nitrogen and oxygen atoms in total. The molecule has 112 valence electrons. The van der Waals surface area contributed by atoms with Crippen molar-refractivity contribution in [3.63, 3.8) is 0 Å². The Hall–Kier alpha value is -2.04. The van der Waals surface area contributed by atoms with Gasteiger partial charge in [-0.3, -0.25) is 4.98 Å². The van der Waals surface area contributed by atoms with Gasteiger partial charge in [0, 0.05) is 28.7 Å². The molecule has 0 saturated heterocycles. The smallest absolute Gasteiger partial charge is 0.398 e. The second-order valence-corrected chi connectivity index (χ2v) is 5.30. The molecule has 0 fully saturated rings. The fraction of sp³-hybridized carbons (Fsp3) is 0.312. The molecule has 0 unspecified atom stereocenters. The summed E-state index contributed by atoms with van der Waals surface area (Å²) in [7, 11) is 0. The van der Waals surface area contributed by atoms with Crippen LogP contribution in [0.3, 0.4) is 0 Å². The Labute approximate surface area is 121 Å². The summed E-state index contributed by atoms with van der Waals surface area (Å²) in [6, 6.07) is 3.05. The minimum absolute atomic E-state index is 0.0593. The first-order chi connectivity index (χ1) is 9.62. The number of rotatable bonds is 1. The average molecular weight is 294 g/mol. The van der Waals surface area contributed by atoms with Crippen LogP contribution in [0.5, 0.6) is 0 Å². The Morgan fingerprint density at radius 3 is 2.24 bits per heavy atom. The Morgan fingerprint density at radius 2 is 1.67 bits per heavy atom. The molecule has 0 saturated carbocycles. The summed E-state index contributed by atoms with van der Waals surface area (Å²) in [6.07, 6.45) is -2.68. The third-order valence-electron chi connectivity index (χ3n) is 3.63. The largest absolute Gasteiger partial charge is 0.416 e. The molecule has 2 aromatic rings. The second kappa shape index (κ2) is 5.06. The molecule has 0 spiro atoms. The van der Waals surface area contributed by atoms with Gasteiger partial charge in [0.2, 0.25) is 0 Å². The van der Waals surface area contributed by atoms with Crippen molar-refractivity contribution >= 4 is 5.69 Å². The quantitative estimate of drug-likeness (QED) is 0.782. The van der Waals surface area contributed by atoms with Gasteiger partial charge in [-0.15, -0.1) is 0 Å². The Kier molecular flexibility index (Phi) is 3.70. The van der Waals surface area contributed by atoms with Crippen molar-refractivity contribution in [3.05, 3.63) is 46.3 Å². The normalized spacial score (nSPS) is 11.8. The summed E-state index contributed by atoms with van der Waals surface area (Å²) in [5.41, 5.74) is 9.14. The number of nitrogens with two attached hydrogens (primary N) is 1. The lowest BCUT2D eigenvalue weighted by Crippen LogP contribution is -2.11. The monoisotopic (exact) mass is 294 g/mol. The number of aryl methyl sites for hydroxylation is 3. The lowest BCUT2D eigenvalue weighted by Gasteiger charge is -2.19. The zero-order valence-electron chi connectivity index (χ0n) is 12.4. The van der Waals surface area contributed by atoms with E-state index in [-0.39, 0.29) is 11.3 Å². The van der Waals surface area contributed by atoms with Crippen molar-refractivity contribution in [2.24, 2.45) is 0 Å². The van der Waals surface area contributed by atoms with Crippen molar-refractivity contribution in [1.82, 2.24) is 4.98 Å². The van der Waals surface area contributed by atoms with Crippen LogP contribution < -0.4 is 5.73 Å². The van der Waals surface area contributed by atoms with E-state index in [1.165, 1.54) is 6.92 Å². The van der Waals surface area contributed by atoms with Crippen molar-refractivity contribution < 1.29 is 13.2 Å². The number of hydrogen-bond donors (Lipinski definition) is 1. The number of aromatic nitrogens is 1. The maximum absolute atomic E-state index is 13.0. The van der Waals surface area contributed by atoms with Crippen molar-refractivity contribution in [3.8, 4) is 11.1 Å². The van der Waals surface area contributed by atoms with Crippen LogP contribution in [0.25, 0.3) is 11.1 Å². The van der Waals surface area contributed by atoms with E-state index < -0.39 is 11.7 Å². The van der Waals surface area contributed by atoms with Crippen molar-refractivity contribution in [2.45, 2.75) is 33.9 Å². The van der Waals surface area contributed by atoms with Gasteiger partial charge in [-0.25, -0.2) is 0 Å². The van der Waals surface area contributed by atoms with E-state index in [0.29, 0.717) is 11.1 Å². The van der Waals surface area contributed by atoms with E-state index in [1.807, 2.05) is 19.9 Å². The molecule has 2 rings (SSSR count). The maximum Gasteiger partial charge on any atom is 0.416 e. The summed E-state index contributed by atoms with van der Waals surface area (Å²) in [6.45, 7) is 6.75. The van der Waals surface area contributed by atoms with Gasteiger partial charge in [-0.2, -0.15) is 13.2 Å². The van der Waals surface area contributed by atoms with Gasteiger partial charge in [-0.1, -0.05) is 0 Å². The average Bonchev–Trinajstić information content (AvgIpc) is 2.36. The van der Waals surface area contributed by atoms with Crippen LogP contribution in [0.15, 0.2) is 18.3 Å². The summed E-state index contributed by atoms with van der Waals surface area (Å²) >= 11 is 0. The predicted molar refractivity (Wildman–Crippen MR) is 78.0 cm³/mol. The number of pyridine rings is 1. The SMILES string of the molecule is Cc1cnc(C)c(-c2c(C)cc(C(F)(F)F)c(C)c2N)c1. The Morgan fingerprint density at radius 1 is 1.05 bits per heavy atom. The molecule has 0 aliphatic rings. The zero-order valence-corrected chi connectivity index (χ0v) is 12.4. The summed E-state index contributed by atoms with van der Waals surface area (Å²) in [4.78, 5) is 4.26. The van der Waals surface area contributed by atoms with Crippen LogP contribution in [0.4, 0.5) is 18.9 Å². The molecule has 1 aromatic carbocycles. The molecule has 2 N–H and O–H groups in total. The van der Waals surface area contributed by atoms with Gasteiger partial charge in [0.05, 0.1) is 5.56 Å². The Bertz CT molecular complexity index is 704. The topological polar surface area (TPSA) is 38.9 Å². The van der Waals surface area contributed by atoms with Crippen molar-refractivity contribution in [2.75, 3.05) is 5.73 Å². The first-order valence-corrected chi connectivity index (χ1v) is 6.53. The minimum Gasteiger partial charge on any atom is -0.398 e. The van der Waals surface area contributed by atoms with Crippen LogP contribution in [-0.2, 0) is 6.18 Å². The van der Waals surface area contributed by atoms with E-state index in [1.54, 1.807) is 13.1 Å². The number of halogens is 3. The second-order valence-electron chi connectivity index (χ2n) is 5.30. The minimum atomic E-state index is -4.40. The number of benzene rings is 1. The summed E-state index contributed by atoms with van der Waals surface area (Å²) in [5, 5.41) is 0. The first kappa shape index (κ1) is 15.4. The maximum atomic E-state index is 13.0. The molecule has 1 heterocycles. The predicted octanol–water partition coefficient (Wildman–Crippen LogP) is 4.58. The fourth-order valence-corrected chi connectivity index (χ4v) is 2.48. The van der Waals surface area contributed by atoms with E-state index in [2.05, 4.69) is 4.98 Å². The lowest BCUT2D eigenvalue weighted by molar-refractivity contribution is -0.138. The third-order valence-corrected chi connectivity index (χ3v) is 3.63. The number of hydrogen-bond acceptors (Lipinski definition) is 2. The molecule has 5 heteroatoms. The summed E-state index contributed by atoms with van der Waals surface area (Å²) in [5.74, 6) is 0. The highest BCUT2D eigenvalue weighted by Gasteiger charge is 2.34. The summed E-state index contributed by atoms with van der Waals surface area (Å²) < 4.78 is 39.1. The fourth-order valence-electron chi connectivity index (χ4n) is 2.48. The highest BCUT2D eigenvalue weighted by Crippen LogP contribution is 2.41. The molecule has 0 radical (unpaired) electrons. The molecule has 1 aromatic heterocycles. The highest BCUT2D eigenvalue weighted by atomic mass is 19.4. The lowest BCUT2D eigenvalue weighted by atomic mass is 9.91. The van der Waals surface area contributed by atoms with Crippen LogP contribution in [-0.4, -0.2) is 4.98 Å². The molecule has 21 heavy (non-hydrogen) atoms. The molecule has 0 aliphatic carbocycles. The number of nitrogen functional groups attached to an aromatic ring is 1. The first-order valence-electron chi connectivity index (χ1n) is 6.53. The van der Waals surface area contributed by atoms with Crippen LogP contribution in [0.2, 0.25) is 0 Å². The van der Waals surface area contributed by atoms with E-state index in [4.69, 9.17) is 5.73 Å². The van der Waals surface area contributed by atoms with Gasteiger partial charge < -0.3 is 5.73 Å².